The summed E-state index contributed by atoms with van der Waals surface area (Å²) in [6, 6.07) is 11.5. The molecule has 3 aromatic rings. The molecule has 3 rings (SSSR count). The lowest BCUT2D eigenvalue weighted by atomic mass is 10.2. The number of amides is 1. The van der Waals surface area contributed by atoms with Crippen LogP contribution < -0.4 is 10.1 Å². The van der Waals surface area contributed by atoms with E-state index in [0.717, 1.165) is 15.8 Å². The summed E-state index contributed by atoms with van der Waals surface area (Å²) in [5.74, 6) is -0.210. The van der Waals surface area contributed by atoms with Crippen LogP contribution in [0, 0.1) is 12.7 Å². The maximum atomic E-state index is 12.9. The Morgan fingerprint density at radius 3 is 2.74 bits per heavy atom. The van der Waals surface area contributed by atoms with E-state index in [4.69, 9.17) is 4.74 Å². The zero-order valence-corrected chi connectivity index (χ0v) is 13.5. The average molecular weight is 330 g/mol. The van der Waals surface area contributed by atoms with Crippen molar-refractivity contribution < 1.29 is 13.9 Å². The summed E-state index contributed by atoms with van der Waals surface area (Å²) in [4.78, 5) is 16.6. The minimum Gasteiger partial charge on any atom is -0.481 e. The van der Waals surface area contributed by atoms with Gasteiger partial charge >= 0.3 is 0 Å². The van der Waals surface area contributed by atoms with Crippen LogP contribution in [-0.4, -0.2) is 17.0 Å². The van der Waals surface area contributed by atoms with Gasteiger partial charge in [-0.15, -0.1) is 0 Å². The Hall–Kier alpha value is -2.47. The molecule has 1 heterocycles. The summed E-state index contributed by atoms with van der Waals surface area (Å²) in [5.41, 5.74) is 2.00. The number of fused-ring (bicyclic) bond motifs is 1. The molecule has 0 aliphatic rings. The molecule has 0 aliphatic carbocycles. The number of halogens is 1. The highest BCUT2D eigenvalue weighted by molar-refractivity contribution is 7.22. The fourth-order valence-corrected chi connectivity index (χ4v) is 3.03. The maximum absolute atomic E-state index is 12.9. The van der Waals surface area contributed by atoms with Gasteiger partial charge < -0.3 is 4.74 Å². The van der Waals surface area contributed by atoms with Gasteiger partial charge in [-0.2, -0.15) is 0 Å². The summed E-state index contributed by atoms with van der Waals surface area (Å²) in [6.45, 7) is 3.65. The number of anilines is 1. The lowest BCUT2D eigenvalue weighted by Crippen LogP contribution is -2.30. The van der Waals surface area contributed by atoms with Crippen molar-refractivity contribution in [3.05, 3.63) is 53.8 Å². The number of rotatable bonds is 4. The molecule has 0 bridgehead atoms. The highest BCUT2D eigenvalue weighted by Gasteiger charge is 2.16. The average Bonchev–Trinajstić information content (AvgIpc) is 2.90. The second-order valence-electron chi connectivity index (χ2n) is 5.19. The normalized spacial score (nSPS) is 12.1. The molecule has 0 unspecified atom stereocenters. The molecule has 0 aliphatic heterocycles. The van der Waals surface area contributed by atoms with Crippen molar-refractivity contribution in [1.82, 2.24) is 4.98 Å². The first-order chi connectivity index (χ1) is 11.0. The fourth-order valence-electron chi connectivity index (χ4n) is 2.06. The molecule has 0 fully saturated rings. The Morgan fingerprint density at radius 1 is 1.26 bits per heavy atom. The van der Waals surface area contributed by atoms with Crippen LogP contribution in [0.3, 0.4) is 0 Å². The Balaban J connectivity index is 1.68. The third kappa shape index (κ3) is 3.65. The van der Waals surface area contributed by atoms with E-state index in [2.05, 4.69) is 10.3 Å². The predicted octanol–water partition coefficient (Wildman–Crippen LogP) is 4.15. The second-order valence-corrected chi connectivity index (χ2v) is 6.22. The SMILES string of the molecule is Cc1ccc2nc(NC(=O)[C@@H](C)Oc3ccc(F)cc3)sc2c1. The molecule has 1 atom stereocenters. The van der Waals surface area contributed by atoms with Gasteiger partial charge in [0.05, 0.1) is 10.2 Å². The largest absolute Gasteiger partial charge is 0.481 e. The predicted molar refractivity (Wildman–Crippen MR) is 89.5 cm³/mol. The van der Waals surface area contributed by atoms with Gasteiger partial charge in [0, 0.05) is 0 Å². The summed E-state index contributed by atoms with van der Waals surface area (Å²) in [7, 11) is 0. The highest BCUT2D eigenvalue weighted by atomic mass is 32.1. The molecule has 4 nitrogen and oxygen atoms in total. The van der Waals surface area contributed by atoms with Gasteiger partial charge in [-0.3, -0.25) is 10.1 Å². The van der Waals surface area contributed by atoms with E-state index in [1.165, 1.54) is 35.6 Å². The van der Waals surface area contributed by atoms with Crippen LogP contribution >= 0.6 is 11.3 Å². The van der Waals surface area contributed by atoms with Crippen LogP contribution in [0.25, 0.3) is 10.2 Å². The zero-order chi connectivity index (χ0) is 16.4. The minimum absolute atomic E-state index is 0.301. The summed E-state index contributed by atoms with van der Waals surface area (Å²) < 4.78 is 19.4. The van der Waals surface area contributed by atoms with E-state index >= 15 is 0 Å². The molecule has 118 valence electrons. The van der Waals surface area contributed by atoms with Gasteiger partial charge in [0.2, 0.25) is 0 Å². The number of nitrogens with zero attached hydrogens (tertiary/aromatic N) is 1. The molecule has 1 amide bonds. The minimum atomic E-state index is -0.714. The van der Waals surface area contributed by atoms with Gasteiger partial charge in [0.15, 0.2) is 11.2 Å². The first-order valence-electron chi connectivity index (χ1n) is 7.11. The van der Waals surface area contributed by atoms with Crippen LogP contribution in [0.4, 0.5) is 9.52 Å². The van der Waals surface area contributed by atoms with Crippen molar-refractivity contribution in [1.29, 1.82) is 0 Å². The molecule has 0 spiro atoms. The molecule has 2 aromatic carbocycles. The molecular weight excluding hydrogens is 315 g/mol. The van der Waals surface area contributed by atoms with Crippen LogP contribution in [0.5, 0.6) is 5.75 Å². The number of aromatic nitrogens is 1. The number of thiazole rings is 1. The van der Waals surface area contributed by atoms with Crippen LogP contribution in [0.15, 0.2) is 42.5 Å². The molecule has 0 saturated heterocycles. The van der Waals surface area contributed by atoms with Gasteiger partial charge in [0.25, 0.3) is 5.91 Å². The molecule has 0 saturated carbocycles. The van der Waals surface area contributed by atoms with Crippen molar-refractivity contribution in [3.63, 3.8) is 0 Å². The Labute approximate surface area is 136 Å². The summed E-state index contributed by atoms with van der Waals surface area (Å²) in [6.07, 6.45) is -0.714. The standard InChI is InChI=1S/C17H15FN2O2S/c1-10-3-8-14-15(9-10)23-17(19-14)20-16(21)11(2)22-13-6-4-12(18)5-7-13/h3-9,11H,1-2H3,(H,19,20,21)/t11-/m1/s1. The fraction of sp³-hybridized carbons (Fsp3) is 0.176. The number of aryl methyl sites for hydroxylation is 1. The highest BCUT2D eigenvalue weighted by Crippen LogP contribution is 2.26. The quantitative estimate of drug-likeness (QED) is 0.782. The molecule has 0 radical (unpaired) electrons. The first-order valence-corrected chi connectivity index (χ1v) is 7.93. The van der Waals surface area contributed by atoms with E-state index in [1.54, 1.807) is 6.92 Å². The lowest BCUT2D eigenvalue weighted by Gasteiger charge is -2.13. The number of carbonyl (C=O) groups is 1. The van der Waals surface area contributed by atoms with E-state index in [1.807, 2.05) is 25.1 Å². The number of ether oxygens (including phenoxy) is 1. The number of benzene rings is 2. The molecule has 6 heteroatoms. The topological polar surface area (TPSA) is 51.2 Å². The van der Waals surface area contributed by atoms with Gasteiger partial charge in [0.1, 0.15) is 11.6 Å². The van der Waals surface area contributed by atoms with Crippen molar-refractivity contribution in [2.45, 2.75) is 20.0 Å². The van der Waals surface area contributed by atoms with Crippen LogP contribution in [0.2, 0.25) is 0 Å². The Kier molecular flexibility index (Phi) is 4.25. The van der Waals surface area contributed by atoms with Gasteiger partial charge in [-0.05, 0) is 55.8 Å². The van der Waals surface area contributed by atoms with Gasteiger partial charge in [-0.25, -0.2) is 9.37 Å². The third-order valence-electron chi connectivity index (χ3n) is 3.27. The Morgan fingerprint density at radius 2 is 2.00 bits per heavy atom. The maximum Gasteiger partial charge on any atom is 0.266 e. The van der Waals surface area contributed by atoms with E-state index < -0.39 is 6.10 Å². The van der Waals surface area contributed by atoms with E-state index in [-0.39, 0.29) is 11.7 Å². The van der Waals surface area contributed by atoms with E-state index in [0.29, 0.717) is 10.9 Å². The lowest BCUT2D eigenvalue weighted by molar-refractivity contribution is -0.122. The van der Waals surface area contributed by atoms with Gasteiger partial charge in [-0.1, -0.05) is 17.4 Å². The molecular formula is C17H15FN2O2S. The molecule has 23 heavy (non-hydrogen) atoms. The molecule has 1 N–H and O–H groups in total. The monoisotopic (exact) mass is 330 g/mol. The summed E-state index contributed by atoms with van der Waals surface area (Å²) >= 11 is 1.42. The smallest absolute Gasteiger partial charge is 0.266 e. The zero-order valence-electron chi connectivity index (χ0n) is 12.7. The van der Waals surface area contributed by atoms with Crippen molar-refractivity contribution in [2.75, 3.05) is 5.32 Å². The van der Waals surface area contributed by atoms with Crippen LogP contribution in [-0.2, 0) is 4.79 Å². The first kappa shape index (κ1) is 15.4. The Bertz CT molecular complexity index is 845. The number of hydrogen-bond donors (Lipinski definition) is 1. The number of hydrogen-bond acceptors (Lipinski definition) is 4. The summed E-state index contributed by atoms with van der Waals surface area (Å²) in [5, 5.41) is 3.28. The molecule has 1 aromatic heterocycles. The van der Waals surface area contributed by atoms with Crippen molar-refractivity contribution in [3.8, 4) is 5.75 Å². The van der Waals surface area contributed by atoms with Crippen LogP contribution in [0.1, 0.15) is 12.5 Å². The second kappa shape index (κ2) is 6.34. The number of carbonyl (C=O) groups excluding carboxylic acids is 1. The van der Waals surface area contributed by atoms with Crippen molar-refractivity contribution in [2.24, 2.45) is 0 Å². The number of nitrogens with one attached hydrogen (secondary N) is 1. The third-order valence-corrected chi connectivity index (χ3v) is 4.20. The van der Waals surface area contributed by atoms with Crippen molar-refractivity contribution >= 4 is 32.6 Å². The van der Waals surface area contributed by atoms with E-state index in [9.17, 15) is 9.18 Å².